The summed E-state index contributed by atoms with van der Waals surface area (Å²) >= 11 is 5.94. The van der Waals surface area contributed by atoms with Crippen molar-refractivity contribution in [2.75, 3.05) is 0 Å². The summed E-state index contributed by atoms with van der Waals surface area (Å²) in [6.07, 6.45) is 5.06. The Kier molecular flexibility index (Phi) is 4.22. The van der Waals surface area contributed by atoms with Gasteiger partial charge in [-0.1, -0.05) is 23.7 Å². The fraction of sp³-hybridized carbons (Fsp3) is 0.0476. The molecule has 0 amide bonds. The van der Waals surface area contributed by atoms with Gasteiger partial charge in [-0.05, 0) is 42.0 Å². The van der Waals surface area contributed by atoms with Gasteiger partial charge in [0.05, 0.1) is 29.2 Å². The van der Waals surface area contributed by atoms with Crippen molar-refractivity contribution in [3.05, 3.63) is 77.7 Å². The molecule has 0 saturated carbocycles. The van der Waals surface area contributed by atoms with Gasteiger partial charge in [0.15, 0.2) is 0 Å². The van der Waals surface area contributed by atoms with Crippen molar-refractivity contribution in [2.45, 2.75) is 6.54 Å². The minimum atomic E-state index is -0.149. The highest BCUT2D eigenvalue weighted by Gasteiger charge is 2.10. The summed E-state index contributed by atoms with van der Waals surface area (Å²) in [5.41, 5.74) is 2.46. The Morgan fingerprint density at radius 1 is 1.00 bits per heavy atom. The fourth-order valence-corrected chi connectivity index (χ4v) is 3.20. The number of aromatic hydroxyl groups is 1. The molecule has 5 rings (SSSR count). The van der Waals surface area contributed by atoms with Gasteiger partial charge in [0.2, 0.25) is 5.88 Å². The smallest absolute Gasteiger partial charge is 0.325 e. The van der Waals surface area contributed by atoms with E-state index in [2.05, 4.69) is 20.1 Å². The molecule has 5 aromatic rings. The van der Waals surface area contributed by atoms with Crippen LogP contribution in [0, 0.1) is 0 Å². The average Bonchev–Trinajstić information content (AvgIpc) is 3.11. The number of hydrogen-bond acceptors (Lipinski definition) is 6. The third kappa shape index (κ3) is 3.55. The Hall–Kier alpha value is -3.71. The monoisotopic (exact) mass is 403 g/mol. The summed E-state index contributed by atoms with van der Waals surface area (Å²) in [7, 11) is 0. The topological polar surface area (TPSA) is 86.0 Å². The molecule has 0 atom stereocenters. The van der Waals surface area contributed by atoms with Crippen LogP contribution < -0.4 is 4.74 Å². The number of benzene rings is 2. The molecule has 8 heteroatoms. The van der Waals surface area contributed by atoms with Crippen LogP contribution in [0.25, 0.3) is 21.8 Å². The lowest BCUT2D eigenvalue weighted by Crippen LogP contribution is -1.99. The number of aromatic nitrogens is 5. The van der Waals surface area contributed by atoms with E-state index in [1.54, 1.807) is 24.5 Å². The van der Waals surface area contributed by atoms with E-state index in [4.69, 9.17) is 16.3 Å². The van der Waals surface area contributed by atoms with E-state index in [0.717, 1.165) is 16.5 Å². The van der Waals surface area contributed by atoms with Crippen LogP contribution in [-0.2, 0) is 6.54 Å². The molecule has 29 heavy (non-hydrogen) atoms. The molecular weight excluding hydrogens is 390 g/mol. The summed E-state index contributed by atoms with van der Waals surface area (Å²) in [5, 5.41) is 16.8. The van der Waals surface area contributed by atoms with Crippen LogP contribution in [0.4, 0.5) is 0 Å². The Bertz CT molecular complexity index is 1330. The molecular formula is C21H14ClN5O2. The van der Waals surface area contributed by atoms with E-state index in [9.17, 15) is 5.11 Å². The van der Waals surface area contributed by atoms with Crippen LogP contribution in [0.5, 0.6) is 17.6 Å². The van der Waals surface area contributed by atoms with Crippen molar-refractivity contribution < 1.29 is 9.84 Å². The molecule has 0 aliphatic carbocycles. The van der Waals surface area contributed by atoms with Crippen LogP contribution in [0.2, 0.25) is 5.02 Å². The predicted molar refractivity (Wildman–Crippen MR) is 109 cm³/mol. The maximum Gasteiger partial charge on any atom is 0.325 e. The van der Waals surface area contributed by atoms with Crippen molar-refractivity contribution in [3.63, 3.8) is 0 Å². The van der Waals surface area contributed by atoms with Gasteiger partial charge >= 0.3 is 6.01 Å². The second kappa shape index (κ2) is 7.03. The molecule has 7 nitrogen and oxygen atoms in total. The van der Waals surface area contributed by atoms with Crippen LogP contribution in [-0.4, -0.2) is 29.8 Å². The zero-order valence-corrected chi connectivity index (χ0v) is 15.8. The van der Waals surface area contributed by atoms with Crippen LogP contribution in [0.15, 0.2) is 67.1 Å². The molecule has 0 aliphatic heterocycles. The lowest BCUT2D eigenvalue weighted by Gasteiger charge is -2.05. The maximum absolute atomic E-state index is 10.1. The molecule has 3 heterocycles. The van der Waals surface area contributed by atoms with Crippen molar-refractivity contribution in [1.82, 2.24) is 24.7 Å². The van der Waals surface area contributed by atoms with Gasteiger partial charge in [-0.3, -0.25) is 9.67 Å². The van der Waals surface area contributed by atoms with Gasteiger partial charge in [-0.2, -0.15) is 15.1 Å². The number of ether oxygens (including phenoxy) is 1. The van der Waals surface area contributed by atoms with Crippen LogP contribution in [0.3, 0.4) is 0 Å². The molecule has 3 aromatic heterocycles. The Morgan fingerprint density at radius 2 is 1.86 bits per heavy atom. The molecule has 0 saturated heterocycles. The summed E-state index contributed by atoms with van der Waals surface area (Å²) in [5.74, 6) is 0.399. The summed E-state index contributed by atoms with van der Waals surface area (Å²) in [6, 6.07) is 14.9. The highest BCUT2D eigenvalue weighted by molar-refractivity contribution is 6.30. The first-order valence-electron chi connectivity index (χ1n) is 8.84. The number of halogens is 1. The van der Waals surface area contributed by atoms with Gasteiger partial charge in [-0.15, -0.1) is 0 Å². The zero-order chi connectivity index (χ0) is 19.8. The summed E-state index contributed by atoms with van der Waals surface area (Å²) < 4.78 is 7.62. The third-order valence-corrected chi connectivity index (χ3v) is 4.70. The second-order valence-corrected chi connectivity index (χ2v) is 6.93. The van der Waals surface area contributed by atoms with Crippen molar-refractivity contribution in [2.24, 2.45) is 0 Å². The number of pyridine rings is 1. The van der Waals surface area contributed by atoms with Gasteiger partial charge in [0, 0.05) is 22.8 Å². The van der Waals surface area contributed by atoms with Crippen molar-refractivity contribution >= 4 is 33.4 Å². The number of hydrogen-bond donors (Lipinski definition) is 1. The first kappa shape index (κ1) is 17.4. The fourth-order valence-electron chi connectivity index (χ4n) is 3.07. The molecule has 0 fully saturated rings. The highest BCUT2D eigenvalue weighted by atomic mass is 35.5. The first-order valence-corrected chi connectivity index (χ1v) is 9.22. The molecule has 1 N–H and O–H groups in total. The van der Waals surface area contributed by atoms with E-state index < -0.39 is 0 Å². The van der Waals surface area contributed by atoms with Crippen molar-refractivity contribution in [1.29, 1.82) is 0 Å². The van der Waals surface area contributed by atoms with E-state index in [1.807, 2.05) is 47.3 Å². The first-order chi connectivity index (χ1) is 14.1. The quantitative estimate of drug-likeness (QED) is 0.473. The largest absolute Gasteiger partial charge is 0.493 e. The number of fused-ring (bicyclic) bond motifs is 2. The number of rotatable bonds is 4. The molecule has 2 aromatic carbocycles. The standard InChI is InChI=1S/C21H14ClN5O2/c22-15-3-1-13(2-4-15)11-27-12-14-9-16(5-6-18(14)26-27)29-21-24-19-10-23-8-7-17(19)20(28)25-21/h1-10,12H,11H2,(H,24,25,28). The van der Waals surface area contributed by atoms with Gasteiger partial charge in [0.25, 0.3) is 0 Å². The van der Waals surface area contributed by atoms with E-state index >= 15 is 0 Å². The second-order valence-electron chi connectivity index (χ2n) is 6.50. The van der Waals surface area contributed by atoms with Crippen LogP contribution in [0.1, 0.15) is 5.56 Å². The lowest BCUT2D eigenvalue weighted by atomic mass is 10.2. The molecule has 0 spiro atoms. The van der Waals surface area contributed by atoms with E-state index in [0.29, 0.717) is 28.2 Å². The zero-order valence-electron chi connectivity index (χ0n) is 15.0. The summed E-state index contributed by atoms with van der Waals surface area (Å²) in [6.45, 7) is 0.636. The van der Waals surface area contributed by atoms with Gasteiger partial charge in [0.1, 0.15) is 5.75 Å². The Labute approximate surface area is 170 Å². The predicted octanol–water partition coefficient (Wildman–Crippen LogP) is 4.57. The third-order valence-electron chi connectivity index (χ3n) is 4.45. The van der Waals surface area contributed by atoms with Gasteiger partial charge in [-0.25, -0.2) is 0 Å². The number of nitrogens with zero attached hydrogens (tertiary/aromatic N) is 5. The van der Waals surface area contributed by atoms with Gasteiger partial charge < -0.3 is 9.84 Å². The SMILES string of the molecule is Oc1nc(Oc2ccc3nn(Cc4ccc(Cl)cc4)cc3c2)nc2cnccc12. The highest BCUT2D eigenvalue weighted by Crippen LogP contribution is 2.27. The normalized spacial score (nSPS) is 11.2. The molecule has 0 radical (unpaired) electrons. The molecule has 142 valence electrons. The minimum absolute atomic E-state index is 0.0518. The van der Waals surface area contributed by atoms with E-state index in [-0.39, 0.29) is 11.9 Å². The maximum atomic E-state index is 10.1. The lowest BCUT2D eigenvalue weighted by molar-refractivity contribution is 0.412. The Morgan fingerprint density at radius 3 is 2.72 bits per heavy atom. The minimum Gasteiger partial charge on any atom is -0.493 e. The molecule has 0 aliphatic rings. The van der Waals surface area contributed by atoms with E-state index in [1.165, 1.54) is 0 Å². The molecule has 0 unspecified atom stereocenters. The van der Waals surface area contributed by atoms with Crippen molar-refractivity contribution in [3.8, 4) is 17.6 Å². The van der Waals surface area contributed by atoms with Crippen LogP contribution >= 0.6 is 11.6 Å². The average molecular weight is 404 g/mol. The molecule has 0 bridgehead atoms. The Balaban J connectivity index is 1.42. The summed E-state index contributed by atoms with van der Waals surface area (Å²) in [4.78, 5) is 12.3.